The Balaban J connectivity index is 1.62. The van der Waals surface area contributed by atoms with Gasteiger partial charge in [-0.2, -0.15) is 0 Å². The number of likely N-dealkylation sites (tertiary alicyclic amines) is 1. The molecule has 3 heteroatoms. The highest BCUT2D eigenvalue weighted by atomic mass is 16.5. The predicted octanol–water partition coefficient (Wildman–Crippen LogP) is 2.41. The topological polar surface area (TPSA) is 24.5 Å². The number of hydrogen-bond acceptors (Lipinski definition) is 3. The fourth-order valence-electron chi connectivity index (χ4n) is 3.57. The Morgan fingerprint density at radius 1 is 1.21 bits per heavy atom. The Morgan fingerprint density at radius 2 is 2.00 bits per heavy atom. The summed E-state index contributed by atoms with van der Waals surface area (Å²) in [5, 5.41) is 3.74. The van der Waals surface area contributed by atoms with Gasteiger partial charge >= 0.3 is 0 Å². The first-order chi connectivity index (χ1) is 9.30. The molecule has 0 aromatic heterocycles. The molecule has 104 valence electrons. The summed E-state index contributed by atoms with van der Waals surface area (Å²) in [7, 11) is 1.72. The van der Waals surface area contributed by atoms with E-state index in [4.69, 9.17) is 4.74 Å². The number of piperidine rings is 1. The smallest absolute Gasteiger partial charge is 0.118 e. The van der Waals surface area contributed by atoms with Crippen molar-refractivity contribution in [3.05, 3.63) is 29.8 Å². The quantitative estimate of drug-likeness (QED) is 0.903. The van der Waals surface area contributed by atoms with Crippen molar-refractivity contribution in [2.45, 2.75) is 37.8 Å². The van der Waals surface area contributed by atoms with Crippen molar-refractivity contribution in [2.24, 2.45) is 0 Å². The number of methoxy groups -OCH3 is 1. The second-order valence-electron chi connectivity index (χ2n) is 5.97. The van der Waals surface area contributed by atoms with Crippen molar-refractivity contribution in [1.82, 2.24) is 10.2 Å². The van der Waals surface area contributed by atoms with E-state index >= 15 is 0 Å². The maximum atomic E-state index is 5.21. The van der Waals surface area contributed by atoms with E-state index in [1.54, 1.807) is 7.11 Å². The van der Waals surface area contributed by atoms with Crippen LogP contribution in [0.1, 0.15) is 31.2 Å². The van der Waals surface area contributed by atoms with Crippen LogP contribution < -0.4 is 10.1 Å². The van der Waals surface area contributed by atoms with Crippen molar-refractivity contribution in [3.8, 4) is 5.75 Å². The molecule has 3 nitrogen and oxygen atoms in total. The van der Waals surface area contributed by atoms with Gasteiger partial charge in [-0.15, -0.1) is 0 Å². The monoisotopic (exact) mass is 260 g/mol. The Morgan fingerprint density at radius 3 is 2.68 bits per heavy atom. The molecule has 1 spiro atoms. The molecule has 0 bridgehead atoms. The van der Waals surface area contributed by atoms with Gasteiger partial charge in [-0.3, -0.25) is 4.90 Å². The average Bonchev–Trinajstić information content (AvgIpc) is 2.88. The van der Waals surface area contributed by atoms with Crippen molar-refractivity contribution in [2.75, 3.05) is 26.7 Å². The van der Waals surface area contributed by atoms with E-state index < -0.39 is 0 Å². The summed E-state index contributed by atoms with van der Waals surface area (Å²) in [6.07, 6.45) is 5.37. The van der Waals surface area contributed by atoms with Crippen molar-refractivity contribution < 1.29 is 4.74 Å². The molecule has 0 radical (unpaired) electrons. The molecule has 0 saturated carbocycles. The highest BCUT2D eigenvalue weighted by Crippen LogP contribution is 2.30. The molecule has 1 atom stereocenters. The third-order valence-electron chi connectivity index (χ3n) is 4.55. The number of rotatable bonds is 3. The van der Waals surface area contributed by atoms with E-state index in [1.165, 1.54) is 50.9 Å². The molecular formula is C16H24N2O. The average molecular weight is 260 g/mol. The molecule has 2 saturated heterocycles. The third kappa shape index (κ3) is 2.93. The van der Waals surface area contributed by atoms with Crippen LogP contribution in [0.25, 0.3) is 0 Å². The number of nitrogens with one attached hydrogen (secondary N) is 1. The predicted molar refractivity (Wildman–Crippen MR) is 77.5 cm³/mol. The maximum Gasteiger partial charge on any atom is 0.118 e. The van der Waals surface area contributed by atoms with Gasteiger partial charge in [-0.1, -0.05) is 12.1 Å². The molecule has 1 N–H and O–H groups in total. The van der Waals surface area contributed by atoms with Crippen LogP contribution in [0.4, 0.5) is 0 Å². The first-order valence-corrected chi connectivity index (χ1v) is 7.40. The van der Waals surface area contributed by atoms with Gasteiger partial charge in [0.15, 0.2) is 0 Å². The van der Waals surface area contributed by atoms with Crippen LogP contribution in [0, 0.1) is 0 Å². The van der Waals surface area contributed by atoms with E-state index in [0.29, 0.717) is 5.54 Å². The van der Waals surface area contributed by atoms with Crippen molar-refractivity contribution >= 4 is 0 Å². The minimum atomic E-state index is 0.421. The fraction of sp³-hybridized carbons (Fsp3) is 0.625. The van der Waals surface area contributed by atoms with Crippen LogP contribution in [0.15, 0.2) is 24.3 Å². The van der Waals surface area contributed by atoms with Gasteiger partial charge in [0.2, 0.25) is 0 Å². The van der Waals surface area contributed by atoms with Crippen LogP contribution >= 0.6 is 0 Å². The van der Waals surface area contributed by atoms with Gasteiger partial charge in [-0.05, 0) is 56.5 Å². The highest BCUT2D eigenvalue weighted by molar-refractivity contribution is 5.27. The second kappa shape index (κ2) is 5.51. The molecule has 1 aromatic rings. The van der Waals surface area contributed by atoms with E-state index in [9.17, 15) is 0 Å². The van der Waals surface area contributed by atoms with E-state index in [2.05, 4.69) is 34.5 Å². The molecule has 0 aliphatic carbocycles. The van der Waals surface area contributed by atoms with E-state index in [0.717, 1.165) is 12.3 Å². The molecule has 2 fully saturated rings. The summed E-state index contributed by atoms with van der Waals surface area (Å²) < 4.78 is 5.21. The summed E-state index contributed by atoms with van der Waals surface area (Å²) in [5.41, 5.74) is 1.81. The van der Waals surface area contributed by atoms with Crippen LogP contribution in [-0.4, -0.2) is 37.2 Å². The molecule has 3 rings (SSSR count). The van der Waals surface area contributed by atoms with Crippen LogP contribution in [-0.2, 0) is 6.54 Å². The fourth-order valence-corrected chi connectivity index (χ4v) is 3.57. The molecule has 0 unspecified atom stereocenters. The summed E-state index contributed by atoms with van der Waals surface area (Å²) in [5.74, 6) is 0.941. The van der Waals surface area contributed by atoms with E-state index in [-0.39, 0.29) is 0 Å². The maximum absolute atomic E-state index is 5.21. The molecule has 2 aliphatic rings. The van der Waals surface area contributed by atoms with Gasteiger partial charge in [0.25, 0.3) is 0 Å². The molecular weight excluding hydrogens is 236 g/mol. The number of ether oxygens (including phenoxy) is 1. The lowest BCUT2D eigenvalue weighted by atomic mass is 9.87. The zero-order valence-corrected chi connectivity index (χ0v) is 11.8. The zero-order valence-electron chi connectivity index (χ0n) is 11.8. The van der Waals surface area contributed by atoms with Crippen LogP contribution in [0.2, 0.25) is 0 Å². The summed E-state index contributed by atoms with van der Waals surface area (Å²) in [4.78, 5) is 2.60. The second-order valence-corrected chi connectivity index (χ2v) is 5.97. The van der Waals surface area contributed by atoms with E-state index in [1.807, 2.05) is 0 Å². The molecule has 19 heavy (non-hydrogen) atoms. The number of hydrogen-bond donors (Lipinski definition) is 1. The Labute approximate surface area is 115 Å². The SMILES string of the molecule is COc1ccc(CN2CCC[C@]3(CCCN3)C2)cc1. The van der Waals surface area contributed by atoms with Crippen LogP contribution in [0.3, 0.4) is 0 Å². The highest BCUT2D eigenvalue weighted by Gasteiger charge is 2.37. The van der Waals surface area contributed by atoms with Gasteiger partial charge in [0.1, 0.15) is 5.75 Å². The third-order valence-corrected chi connectivity index (χ3v) is 4.55. The molecule has 0 amide bonds. The number of benzene rings is 1. The van der Waals surface area contributed by atoms with Gasteiger partial charge < -0.3 is 10.1 Å². The van der Waals surface area contributed by atoms with Crippen molar-refractivity contribution in [1.29, 1.82) is 0 Å². The first-order valence-electron chi connectivity index (χ1n) is 7.40. The summed E-state index contributed by atoms with van der Waals surface area (Å²) in [6.45, 7) is 4.71. The largest absolute Gasteiger partial charge is 0.497 e. The first kappa shape index (κ1) is 12.9. The van der Waals surface area contributed by atoms with Gasteiger partial charge in [0.05, 0.1) is 7.11 Å². The summed E-state index contributed by atoms with van der Waals surface area (Å²) >= 11 is 0. The Hall–Kier alpha value is -1.06. The molecule has 2 heterocycles. The zero-order chi connectivity index (χ0) is 13.1. The Kier molecular flexibility index (Phi) is 3.76. The Bertz CT molecular complexity index is 409. The van der Waals surface area contributed by atoms with Crippen molar-refractivity contribution in [3.63, 3.8) is 0 Å². The lowest BCUT2D eigenvalue weighted by Crippen LogP contribution is -2.53. The lowest BCUT2D eigenvalue weighted by Gasteiger charge is -2.40. The lowest BCUT2D eigenvalue weighted by molar-refractivity contribution is 0.129. The van der Waals surface area contributed by atoms with Gasteiger partial charge in [0, 0.05) is 18.6 Å². The molecule has 1 aromatic carbocycles. The minimum absolute atomic E-state index is 0.421. The summed E-state index contributed by atoms with van der Waals surface area (Å²) in [6, 6.07) is 8.48. The molecule has 2 aliphatic heterocycles. The standard InChI is InChI=1S/C16H24N2O/c1-19-15-6-4-14(5-7-15)12-18-11-3-9-16(13-18)8-2-10-17-16/h4-7,17H,2-3,8-13H2,1H3/t16-/m1/s1. The van der Waals surface area contributed by atoms with Crippen LogP contribution in [0.5, 0.6) is 5.75 Å². The minimum Gasteiger partial charge on any atom is -0.497 e. The van der Waals surface area contributed by atoms with Gasteiger partial charge in [-0.25, -0.2) is 0 Å². The number of nitrogens with zero attached hydrogens (tertiary/aromatic N) is 1. The normalized spacial score (nSPS) is 27.8.